The van der Waals surface area contributed by atoms with Gasteiger partial charge in [0.2, 0.25) is 0 Å². The second-order valence-electron chi connectivity index (χ2n) is 11.3. The number of pyridine rings is 1. The Labute approximate surface area is 248 Å². The zero-order valence-corrected chi connectivity index (χ0v) is 25.2. The van der Waals surface area contributed by atoms with Gasteiger partial charge >= 0.3 is 5.69 Å². The molecule has 8 nitrogen and oxygen atoms in total. The molecule has 1 unspecified atom stereocenters. The maximum atomic E-state index is 12.4. The lowest BCUT2D eigenvalue weighted by Crippen LogP contribution is -2.36. The Morgan fingerprint density at radius 3 is 2.29 bits per heavy atom. The first-order chi connectivity index (χ1) is 20.5. The van der Waals surface area contributed by atoms with Crippen LogP contribution < -0.4 is 5.69 Å². The van der Waals surface area contributed by atoms with E-state index in [-0.39, 0.29) is 5.69 Å². The Bertz CT molecular complexity index is 1720. The van der Waals surface area contributed by atoms with E-state index in [0.717, 1.165) is 90.1 Å². The summed E-state index contributed by atoms with van der Waals surface area (Å²) >= 11 is 0. The number of likely N-dealkylation sites (tertiary alicyclic amines) is 1. The summed E-state index contributed by atoms with van der Waals surface area (Å²) in [6.07, 6.45) is 9.49. The van der Waals surface area contributed by atoms with Gasteiger partial charge in [-0.3, -0.25) is 13.7 Å². The summed E-state index contributed by atoms with van der Waals surface area (Å²) in [4.78, 5) is 26.1. The van der Waals surface area contributed by atoms with Crippen LogP contribution in [0, 0.1) is 0 Å². The van der Waals surface area contributed by atoms with E-state index in [0.29, 0.717) is 5.25 Å². The molecule has 7 rings (SSSR count). The number of piperidine rings is 1. The lowest BCUT2D eigenvalue weighted by molar-refractivity contribution is 0.0968. The zero-order chi connectivity index (χ0) is 29.1. The summed E-state index contributed by atoms with van der Waals surface area (Å²) in [6, 6.07) is 18.9. The number of aromatic nitrogens is 4. The standard InChI is InChI=1S/C28H29N5O2S.C5H10O/c1-32-22-16-29-27-24(26(22)31-28(32)34)23(19-6-4-3-5-7-19)25(30-27)20-10-8-18(9-11-20)17-33-14-12-21(13-15-33)36(2)35;1-2-4-6-5-3-1/h3-11,16,21H,12-15,17H2,1-2H3,(H,29,30)(H,31,34);1-5H2. The number of ether oxygens (including phenoxy) is 1. The van der Waals surface area contributed by atoms with Crippen molar-refractivity contribution in [1.82, 2.24) is 24.4 Å². The van der Waals surface area contributed by atoms with Gasteiger partial charge in [-0.05, 0) is 61.9 Å². The number of nitrogens with one attached hydrogen (secondary N) is 2. The van der Waals surface area contributed by atoms with Crippen LogP contribution in [-0.4, -0.2) is 66.4 Å². The topological polar surface area (TPSA) is 96.0 Å². The molecule has 2 N–H and O–H groups in total. The molecule has 0 bridgehead atoms. The number of hydrogen-bond donors (Lipinski definition) is 2. The predicted octanol–water partition coefficient (Wildman–Crippen LogP) is 5.61. The van der Waals surface area contributed by atoms with E-state index >= 15 is 0 Å². The number of imidazole rings is 1. The van der Waals surface area contributed by atoms with Crippen LogP contribution in [0.1, 0.15) is 37.7 Å². The molecule has 2 fully saturated rings. The average molecular weight is 586 g/mol. The number of nitrogens with zero attached hydrogens (tertiary/aromatic N) is 3. The molecule has 0 radical (unpaired) electrons. The highest BCUT2D eigenvalue weighted by Crippen LogP contribution is 2.40. The lowest BCUT2D eigenvalue weighted by Gasteiger charge is -2.30. The second kappa shape index (κ2) is 12.8. The van der Waals surface area contributed by atoms with Gasteiger partial charge in [0, 0.05) is 54.7 Å². The van der Waals surface area contributed by atoms with Crippen LogP contribution >= 0.6 is 0 Å². The number of aromatic amines is 2. The Hall–Kier alpha value is -3.53. The molecule has 220 valence electrons. The molecule has 9 heteroatoms. The number of hydrogen-bond acceptors (Lipinski definition) is 5. The maximum Gasteiger partial charge on any atom is 0.326 e. The van der Waals surface area contributed by atoms with Crippen LogP contribution in [0.25, 0.3) is 44.5 Å². The summed E-state index contributed by atoms with van der Waals surface area (Å²) in [7, 11) is 1.03. The Morgan fingerprint density at radius 1 is 0.952 bits per heavy atom. The molecule has 3 aromatic heterocycles. The molecular weight excluding hydrogens is 546 g/mol. The van der Waals surface area contributed by atoms with Crippen molar-refractivity contribution in [1.29, 1.82) is 0 Å². The Kier molecular flexibility index (Phi) is 8.69. The summed E-state index contributed by atoms with van der Waals surface area (Å²) in [6.45, 7) is 4.88. The van der Waals surface area contributed by atoms with E-state index < -0.39 is 10.8 Å². The first-order valence-electron chi connectivity index (χ1n) is 14.9. The molecular formula is C33H39N5O3S. The van der Waals surface area contributed by atoms with Gasteiger partial charge < -0.3 is 14.7 Å². The van der Waals surface area contributed by atoms with E-state index in [1.54, 1.807) is 17.8 Å². The van der Waals surface area contributed by atoms with Crippen molar-refractivity contribution in [2.24, 2.45) is 7.05 Å². The van der Waals surface area contributed by atoms with Crippen molar-refractivity contribution in [2.45, 2.75) is 43.9 Å². The molecule has 5 heterocycles. The van der Waals surface area contributed by atoms with Gasteiger partial charge in [-0.25, -0.2) is 9.78 Å². The minimum atomic E-state index is -0.728. The summed E-state index contributed by atoms with van der Waals surface area (Å²) in [5, 5.41) is 1.26. The number of rotatable bonds is 5. The molecule has 0 amide bonds. The van der Waals surface area contributed by atoms with Crippen LogP contribution in [0.3, 0.4) is 0 Å². The highest BCUT2D eigenvalue weighted by molar-refractivity contribution is 7.84. The monoisotopic (exact) mass is 585 g/mol. The van der Waals surface area contributed by atoms with Crippen molar-refractivity contribution in [2.75, 3.05) is 32.6 Å². The fourth-order valence-electron chi connectivity index (χ4n) is 6.06. The van der Waals surface area contributed by atoms with Crippen LogP contribution in [0.4, 0.5) is 0 Å². The van der Waals surface area contributed by atoms with E-state index in [1.807, 2.05) is 24.5 Å². The quantitative estimate of drug-likeness (QED) is 0.280. The molecule has 2 aliphatic rings. The van der Waals surface area contributed by atoms with Crippen molar-refractivity contribution in [3.63, 3.8) is 0 Å². The number of H-pyrrole nitrogens is 2. The Morgan fingerprint density at radius 2 is 1.67 bits per heavy atom. The molecule has 2 aliphatic heterocycles. The largest absolute Gasteiger partial charge is 0.381 e. The van der Waals surface area contributed by atoms with Crippen LogP contribution in [0.2, 0.25) is 0 Å². The molecule has 5 aromatic rings. The first kappa shape index (κ1) is 28.6. The van der Waals surface area contributed by atoms with Gasteiger partial charge in [0.25, 0.3) is 0 Å². The van der Waals surface area contributed by atoms with Gasteiger partial charge in [0.05, 0.1) is 28.3 Å². The van der Waals surface area contributed by atoms with E-state index in [1.165, 1.54) is 24.8 Å². The fourth-order valence-corrected chi connectivity index (χ4v) is 6.93. The van der Waals surface area contributed by atoms with Crippen LogP contribution in [-0.2, 0) is 29.1 Å². The molecule has 0 spiro atoms. The third-order valence-electron chi connectivity index (χ3n) is 8.49. The van der Waals surface area contributed by atoms with E-state index in [2.05, 4.69) is 56.3 Å². The highest BCUT2D eigenvalue weighted by Gasteiger charge is 2.23. The minimum absolute atomic E-state index is 0.153. The average Bonchev–Trinajstić information content (AvgIpc) is 3.56. The Balaban J connectivity index is 0.000000470. The SMILES string of the molecule is C1CCOCC1.Cn1c(=O)[nH]c2c3c(-c4ccccc4)c(-c4ccc(CN5CCC(S(C)=O)CC5)cc4)[nH]c3ncc21. The van der Waals surface area contributed by atoms with Crippen LogP contribution in [0.5, 0.6) is 0 Å². The lowest BCUT2D eigenvalue weighted by atomic mass is 9.98. The van der Waals surface area contributed by atoms with Gasteiger partial charge in [-0.1, -0.05) is 54.6 Å². The number of benzene rings is 2. The molecule has 42 heavy (non-hydrogen) atoms. The van der Waals surface area contributed by atoms with Gasteiger partial charge in [-0.2, -0.15) is 0 Å². The predicted molar refractivity (Wildman–Crippen MR) is 171 cm³/mol. The smallest absolute Gasteiger partial charge is 0.326 e. The molecule has 0 saturated carbocycles. The van der Waals surface area contributed by atoms with Crippen molar-refractivity contribution in [3.05, 3.63) is 76.8 Å². The summed E-state index contributed by atoms with van der Waals surface area (Å²) in [5.41, 5.74) is 7.59. The van der Waals surface area contributed by atoms with Gasteiger partial charge in [0.15, 0.2) is 0 Å². The van der Waals surface area contributed by atoms with Crippen molar-refractivity contribution >= 4 is 32.9 Å². The van der Waals surface area contributed by atoms with E-state index in [4.69, 9.17) is 4.74 Å². The molecule has 1 atom stereocenters. The number of fused-ring (bicyclic) bond motifs is 3. The third kappa shape index (κ3) is 6.00. The van der Waals surface area contributed by atoms with Crippen molar-refractivity contribution < 1.29 is 8.95 Å². The molecule has 2 saturated heterocycles. The summed E-state index contributed by atoms with van der Waals surface area (Å²) < 4.78 is 18.5. The number of aryl methyl sites for hydroxylation is 1. The highest BCUT2D eigenvalue weighted by atomic mass is 32.2. The summed E-state index contributed by atoms with van der Waals surface area (Å²) in [5.74, 6) is 0. The van der Waals surface area contributed by atoms with Gasteiger partial charge in [-0.15, -0.1) is 0 Å². The zero-order valence-electron chi connectivity index (χ0n) is 24.4. The van der Waals surface area contributed by atoms with Gasteiger partial charge in [0.1, 0.15) is 5.65 Å². The molecule has 0 aliphatic carbocycles. The van der Waals surface area contributed by atoms with Crippen molar-refractivity contribution in [3.8, 4) is 22.4 Å². The second-order valence-corrected chi connectivity index (χ2v) is 13.0. The van der Waals surface area contributed by atoms with Crippen LogP contribution in [0.15, 0.2) is 65.6 Å². The van der Waals surface area contributed by atoms with E-state index in [9.17, 15) is 9.00 Å². The third-order valence-corrected chi connectivity index (χ3v) is 9.90. The minimum Gasteiger partial charge on any atom is -0.381 e. The fraction of sp³-hybridized carbons (Fsp3) is 0.394. The maximum absolute atomic E-state index is 12.4. The normalized spacial score (nSPS) is 17.3. The first-order valence-corrected chi connectivity index (χ1v) is 16.5. The molecule has 2 aromatic carbocycles.